The van der Waals surface area contributed by atoms with E-state index in [1.807, 2.05) is 6.92 Å². The Bertz CT molecular complexity index is 892. The van der Waals surface area contributed by atoms with Crippen LogP contribution >= 0.6 is 11.3 Å². The smallest absolute Gasteiger partial charge is 0.365 e. The van der Waals surface area contributed by atoms with Crippen molar-refractivity contribution in [2.75, 3.05) is 18.4 Å². The van der Waals surface area contributed by atoms with E-state index in [2.05, 4.69) is 10.2 Å². The zero-order valence-corrected chi connectivity index (χ0v) is 15.3. The van der Waals surface area contributed by atoms with Gasteiger partial charge in [-0.2, -0.15) is 13.2 Å². The molecule has 0 aliphatic carbocycles. The van der Waals surface area contributed by atoms with E-state index in [4.69, 9.17) is 5.73 Å². The van der Waals surface area contributed by atoms with Gasteiger partial charge in [0.15, 0.2) is 0 Å². The lowest BCUT2D eigenvalue weighted by Crippen LogP contribution is -2.30. The number of halogens is 3. The molecule has 2 heterocycles. The normalized spacial score (nSPS) is 14.7. The predicted molar refractivity (Wildman–Crippen MR) is 96.9 cm³/mol. The van der Waals surface area contributed by atoms with Crippen molar-refractivity contribution in [2.24, 2.45) is 5.73 Å². The molecule has 9 heteroatoms. The number of anilines is 1. The summed E-state index contributed by atoms with van der Waals surface area (Å²) in [6.07, 6.45) is -3.81. The highest BCUT2D eigenvalue weighted by molar-refractivity contribution is 7.17. The van der Waals surface area contributed by atoms with Crippen molar-refractivity contribution >= 4 is 28.2 Å². The quantitative estimate of drug-likeness (QED) is 0.829. The molecule has 3 N–H and O–H groups in total. The molecule has 0 radical (unpaired) electrons. The van der Waals surface area contributed by atoms with Crippen molar-refractivity contribution < 1.29 is 22.8 Å². The Morgan fingerprint density at radius 1 is 1.33 bits per heavy atom. The molecule has 27 heavy (non-hydrogen) atoms. The van der Waals surface area contributed by atoms with Gasteiger partial charge in [0.2, 0.25) is 0 Å². The van der Waals surface area contributed by atoms with Gasteiger partial charge in [-0.15, -0.1) is 11.3 Å². The summed E-state index contributed by atoms with van der Waals surface area (Å²) in [7, 11) is 0. The van der Waals surface area contributed by atoms with Gasteiger partial charge in [0.25, 0.3) is 11.8 Å². The van der Waals surface area contributed by atoms with Gasteiger partial charge in [0, 0.05) is 23.5 Å². The first-order chi connectivity index (χ1) is 12.7. The number of hydrogen-bond acceptors (Lipinski definition) is 4. The summed E-state index contributed by atoms with van der Waals surface area (Å²) >= 11 is 1.25. The average molecular weight is 397 g/mol. The number of fused-ring (bicyclic) bond motifs is 1. The van der Waals surface area contributed by atoms with Crippen LogP contribution in [0.15, 0.2) is 24.3 Å². The number of nitrogens with one attached hydrogen (secondary N) is 1. The van der Waals surface area contributed by atoms with Gasteiger partial charge < -0.3 is 11.1 Å². The second-order valence-corrected chi connectivity index (χ2v) is 7.33. The van der Waals surface area contributed by atoms with Gasteiger partial charge in [-0.05, 0) is 36.7 Å². The highest BCUT2D eigenvalue weighted by Gasteiger charge is 2.31. The lowest BCUT2D eigenvalue weighted by molar-refractivity contribution is -0.137. The molecule has 0 fully saturated rings. The van der Waals surface area contributed by atoms with E-state index in [-0.39, 0.29) is 16.1 Å². The molecule has 1 aromatic heterocycles. The molecule has 0 spiro atoms. The number of benzene rings is 1. The van der Waals surface area contributed by atoms with E-state index in [1.54, 1.807) is 0 Å². The molecular formula is C18H18F3N3O2S. The molecule has 2 aromatic rings. The zero-order valence-electron chi connectivity index (χ0n) is 14.5. The number of thiophene rings is 1. The van der Waals surface area contributed by atoms with Crippen molar-refractivity contribution in [1.29, 1.82) is 0 Å². The van der Waals surface area contributed by atoms with Crippen LogP contribution in [0.1, 0.15) is 43.6 Å². The lowest BCUT2D eigenvalue weighted by Gasteiger charge is -2.25. The number of alkyl halides is 3. The van der Waals surface area contributed by atoms with Gasteiger partial charge in [0.05, 0.1) is 11.1 Å². The van der Waals surface area contributed by atoms with Crippen molar-refractivity contribution in [3.63, 3.8) is 0 Å². The molecule has 0 unspecified atom stereocenters. The molecule has 0 saturated heterocycles. The second-order valence-electron chi connectivity index (χ2n) is 6.22. The fourth-order valence-electron chi connectivity index (χ4n) is 3.07. The molecule has 0 atom stereocenters. The Balaban J connectivity index is 1.91. The van der Waals surface area contributed by atoms with Gasteiger partial charge in [-0.25, -0.2) is 0 Å². The maximum absolute atomic E-state index is 12.9. The Morgan fingerprint density at radius 3 is 2.70 bits per heavy atom. The Hall–Kier alpha value is -2.39. The third-order valence-electron chi connectivity index (χ3n) is 4.50. The van der Waals surface area contributed by atoms with Crippen molar-refractivity contribution in [1.82, 2.24) is 4.90 Å². The summed E-state index contributed by atoms with van der Waals surface area (Å²) in [6.45, 7) is 4.22. The maximum atomic E-state index is 12.9. The number of nitrogens with two attached hydrogens (primary N) is 1. The first-order valence-corrected chi connectivity index (χ1v) is 9.17. The topological polar surface area (TPSA) is 75.4 Å². The molecule has 3 rings (SSSR count). The van der Waals surface area contributed by atoms with Gasteiger partial charge in [0.1, 0.15) is 5.00 Å². The number of rotatable bonds is 4. The van der Waals surface area contributed by atoms with E-state index in [0.29, 0.717) is 6.54 Å². The van der Waals surface area contributed by atoms with Gasteiger partial charge in [-0.3, -0.25) is 14.5 Å². The average Bonchev–Trinajstić information content (AvgIpc) is 2.97. The van der Waals surface area contributed by atoms with Crippen LogP contribution in [0.25, 0.3) is 0 Å². The Morgan fingerprint density at radius 2 is 2.07 bits per heavy atom. The molecule has 0 bridgehead atoms. The number of hydrogen-bond donors (Lipinski definition) is 2. The molecule has 1 aliphatic heterocycles. The van der Waals surface area contributed by atoms with Crippen molar-refractivity contribution in [3.8, 4) is 0 Å². The lowest BCUT2D eigenvalue weighted by atomic mass is 10.0. The largest absolute Gasteiger partial charge is 0.416 e. The zero-order chi connectivity index (χ0) is 19.8. The highest BCUT2D eigenvalue weighted by Crippen LogP contribution is 2.37. The minimum Gasteiger partial charge on any atom is -0.365 e. The Kier molecular flexibility index (Phi) is 5.25. The third-order valence-corrected chi connectivity index (χ3v) is 5.71. The summed E-state index contributed by atoms with van der Waals surface area (Å²) in [6, 6.07) is 4.15. The van der Waals surface area contributed by atoms with E-state index >= 15 is 0 Å². The highest BCUT2D eigenvalue weighted by atomic mass is 32.1. The monoisotopic (exact) mass is 397 g/mol. The Labute approximate surface area is 158 Å². The van der Waals surface area contributed by atoms with Crippen LogP contribution < -0.4 is 11.1 Å². The van der Waals surface area contributed by atoms with Crippen LogP contribution in [0.4, 0.5) is 18.2 Å². The van der Waals surface area contributed by atoms with Crippen LogP contribution in [-0.4, -0.2) is 29.8 Å². The molecule has 2 amide bonds. The number of primary amides is 1. The minimum atomic E-state index is -4.54. The third kappa shape index (κ3) is 3.98. The summed E-state index contributed by atoms with van der Waals surface area (Å²) < 4.78 is 38.6. The summed E-state index contributed by atoms with van der Waals surface area (Å²) in [5.74, 6) is -1.38. The van der Waals surface area contributed by atoms with Crippen molar-refractivity contribution in [2.45, 2.75) is 26.1 Å². The fraction of sp³-hybridized carbons (Fsp3) is 0.333. The number of carbonyl (C=O) groups is 2. The second kappa shape index (κ2) is 7.32. The molecule has 5 nitrogen and oxygen atoms in total. The molecule has 0 saturated carbocycles. The fourth-order valence-corrected chi connectivity index (χ4v) is 4.27. The molecule has 1 aliphatic rings. The van der Waals surface area contributed by atoms with E-state index in [1.165, 1.54) is 23.5 Å². The maximum Gasteiger partial charge on any atom is 0.416 e. The SMILES string of the molecule is CCN1CCc2sc(NC(=O)c3cccc(C(F)(F)F)c3)c(C(N)=O)c2C1. The van der Waals surface area contributed by atoms with E-state index in [9.17, 15) is 22.8 Å². The van der Waals surface area contributed by atoms with Gasteiger partial charge in [-0.1, -0.05) is 13.0 Å². The standard InChI is InChI=1S/C18H18F3N3O2S/c1-2-24-7-6-13-12(9-24)14(15(22)25)17(27-13)23-16(26)10-4-3-5-11(8-10)18(19,20)21/h3-5,8H,2,6-7,9H2,1H3,(H2,22,25)(H,23,26). The first kappa shape index (κ1) is 19.4. The van der Waals surface area contributed by atoms with Crippen LogP contribution in [0.2, 0.25) is 0 Å². The van der Waals surface area contributed by atoms with E-state index < -0.39 is 23.6 Å². The summed E-state index contributed by atoms with van der Waals surface area (Å²) in [5.41, 5.74) is 5.51. The molecular weight excluding hydrogens is 379 g/mol. The van der Waals surface area contributed by atoms with E-state index in [0.717, 1.165) is 42.1 Å². The van der Waals surface area contributed by atoms with Crippen LogP contribution in [0.3, 0.4) is 0 Å². The van der Waals surface area contributed by atoms with Crippen LogP contribution in [-0.2, 0) is 19.1 Å². The number of carbonyl (C=O) groups excluding carboxylic acids is 2. The summed E-state index contributed by atoms with van der Waals surface area (Å²) in [4.78, 5) is 27.5. The first-order valence-electron chi connectivity index (χ1n) is 8.36. The minimum absolute atomic E-state index is 0.137. The predicted octanol–water partition coefficient (Wildman–Crippen LogP) is 3.50. The summed E-state index contributed by atoms with van der Waals surface area (Å²) in [5, 5.41) is 2.85. The van der Waals surface area contributed by atoms with Crippen molar-refractivity contribution in [3.05, 3.63) is 51.4 Å². The molecule has 144 valence electrons. The number of amides is 2. The number of likely N-dealkylation sites (N-methyl/N-ethyl adjacent to an activating group) is 1. The number of nitrogens with zero attached hydrogens (tertiary/aromatic N) is 1. The van der Waals surface area contributed by atoms with Crippen LogP contribution in [0, 0.1) is 0 Å². The molecule has 1 aromatic carbocycles. The van der Waals surface area contributed by atoms with Gasteiger partial charge >= 0.3 is 6.18 Å². The van der Waals surface area contributed by atoms with Crippen LogP contribution in [0.5, 0.6) is 0 Å².